The first-order valence-electron chi connectivity index (χ1n) is 10.4. The molecule has 1 unspecified atom stereocenters. The van der Waals surface area contributed by atoms with Crippen LogP contribution in [0.4, 0.5) is 6.01 Å². The average molecular weight is 393 g/mol. The zero-order chi connectivity index (χ0) is 20.1. The fraction of sp³-hybridized carbons (Fsp3) is 0.391. The highest BCUT2D eigenvalue weighted by atomic mass is 16.5. The molecule has 1 aliphatic heterocycles. The Morgan fingerprint density at radius 3 is 2.86 bits per heavy atom. The van der Waals surface area contributed by atoms with Gasteiger partial charge in [0.05, 0.1) is 12.6 Å². The summed E-state index contributed by atoms with van der Waals surface area (Å²) < 4.78 is 11.6. The lowest BCUT2D eigenvalue weighted by Gasteiger charge is -2.23. The molecule has 1 N–H and O–H groups in total. The van der Waals surface area contributed by atoms with Gasteiger partial charge in [-0.2, -0.15) is 4.98 Å². The average Bonchev–Trinajstić information content (AvgIpc) is 3.39. The molecule has 6 heteroatoms. The summed E-state index contributed by atoms with van der Waals surface area (Å²) in [5, 5.41) is 3.06. The second-order valence-corrected chi connectivity index (χ2v) is 7.39. The number of nitrogens with one attached hydrogen (secondary N) is 1. The maximum Gasteiger partial charge on any atom is 0.298 e. The number of fused-ring (bicyclic) bond motifs is 1. The van der Waals surface area contributed by atoms with E-state index in [1.54, 1.807) is 0 Å². The lowest BCUT2D eigenvalue weighted by molar-refractivity contribution is 0.0951. The van der Waals surface area contributed by atoms with E-state index in [4.69, 9.17) is 9.15 Å². The summed E-state index contributed by atoms with van der Waals surface area (Å²) in [6.07, 6.45) is 4.19. The third-order valence-corrected chi connectivity index (χ3v) is 5.29. The minimum atomic E-state index is -0.0745. The Bertz CT molecular complexity index is 918. The summed E-state index contributed by atoms with van der Waals surface area (Å²) in [5.41, 5.74) is 2.29. The molecule has 1 atom stereocenters. The number of hydrogen-bond acceptors (Lipinski definition) is 5. The van der Waals surface area contributed by atoms with Crippen molar-refractivity contribution in [1.82, 2.24) is 10.3 Å². The van der Waals surface area contributed by atoms with Crippen molar-refractivity contribution in [2.24, 2.45) is 0 Å². The molecule has 1 saturated heterocycles. The number of para-hydroxylation sites is 2. The number of amides is 1. The van der Waals surface area contributed by atoms with Crippen LogP contribution in [0.5, 0.6) is 5.75 Å². The second-order valence-electron chi connectivity index (χ2n) is 7.39. The summed E-state index contributed by atoms with van der Waals surface area (Å²) in [7, 11) is 0. The molecular weight excluding hydrogens is 366 g/mol. The van der Waals surface area contributed by atoms with E-state index < -0.39 is 0 Å². The Morgan fingerprint density at radius 2 is 2.07 bits per heavy atom. The van der Waals surface area contributed by atoms with Crippen LogP contribution in [-0.4, -0.2) is 36.6 Å². The first kappa shape index (κ1) is 19.3. The molecule has 0 saturated carbocycles. The molecule has 4 rings (SSSR count). The number of nitrogens with zero attached hydrogens (tertiary/aromatic N) is 2. The largest absolute Gasteiger partial charge is 0.494 e. The Balaban J connectivity index is 1.34. The lowest BCUT2D eigenvalue weighted by atomic mass is 10.2. The number of rotatable bonds is 8. The number of benzene rings is 2. The molecular formula is C23H27N3O3. The Kier molecular flexibility index (Phi) is 5.98. The van der Waals surface area contributed by atoms with E-state index in [0.29, 0.717) is 24.7 Å². The highest BCUT2D eigenvalue weighted by Gasteiger charge is 2.28. The summed E-state index contributed by atoms with van der Waals surface area (Å²) >= 11 is 0. The standard InChI is InChI=1S/C23H27N3O3/c1-2-3-15-28-19-12-10-17(11-13-19)22(27)24-16-18-7-6-14-26(18)23-25-20-8-4-5-9-21(20)29-23/h4-5,8-13,18H,2-3,6-7,14-16H2,1H3,(H,24,27). The number of anilines is 1. The van der Waals surface area contributed by atoms with Crippen molar-refractivity contribution < 1.29 is 13.9 Å². The molecule has 2 aromatic carbocycles. The van der Waals surface area contributed by atoms with E-state index in [1.807, 2.05) is 48.5 Å². The van der Waals surface area contributed by atoms with E-state index in [0.717, 1.165) is 49.1 Å². The third kappa shape index (κ3) is 4.53. The molecule has 0 bridgehead atoms. The van der Waals surface area contributed by atoms with Crippen LogP contribution in [0.15, 0.2) is 52.9 Å². The van der Waals surface area contributed by atoms with Gasteiger partial charge in [-0.15, -0.1) is 0 Å². The Morgan fingerprint density at radius 1 is 1.24 bits per heavy atom. The molecule has 0 aliphatic carbocycles. The van der Waals surface area contributed by atoms with Crippen LogP contribution in [0.3, 0.4) is 0 Å². The van der Waals surface area contributed by atoms with Gasteiger partial charge in [0.25, 0.3) is 11.9 Å². The zero-order valence-electron chi connectivity index (χ0n) is 16.8. The van der Waals surface area contributed by atoms with Gasteiger partial charge in [0.15, 0.2) is 5.58 Å². The van der Waals surface area contributed by atoms with Crippen molar-refractivity contribution >= 4 is 23.0 Å². The number of hydrogen-bond donors (Lipinski definition) is 1. The highest BCUT2D eigenvalue weighted by molar-refractivity contribution is 5.94. The third-order valence-electron chi connectivity index (χ3n) is 5.29. The topological polar surface area (TPSA) is 67.6 Å². The van der Waals surface area contributed by atoms with Gasteiger partial charge in [-0.3, -0.25) is 4.79 Å². The molecule has 0 radical (unpaired) electrons. The van der Waals surface area contributed by atoms with Gasteiger partial charge in [-0.1, -0.05) is 25.5 Å². The van der Waals surface area contributed by atoms with Gasteiger partial charge in [-0.25, -0.2) is 0 Å². The van der Waals surface area contributed by atoms with E-state index in [2.05, 4.69) is 22.1 Å². The molecule has 2 heterocycles. The quantitative estimate of drug-likeness (QED) is 0.574. The van der Waals surface area contributed by atoms with Gasteiger partial charge < -0.3 is 19.4 Å². The number of carbonyl (C=O) groups excluding carboxylic acids is 1. The fourth-order valence-corrected chi connectivity index (χ4v) is 3.63. The summed E-state index contributed by atoms with van der Waals surface area (Å²) in [5.74, 6) is 0.724. The van der Waals surface area contributed by atoms with Gasteiger partial charge in [-0.05, 0) is 55.7 Å². The molecule has 29 heavy (non-hydrogen) atoms. The van der Waals surface area contributed by atoms with Crippen LogP contribution in [0, 0.1) is 0 Å². The van der Waals surface area contributed by atoms with Gasteiger partial charge in [0.1, 0.15) is 11.3 Å². The number of oxazole rings is 1. The lowest BCUT2D eigenvalue weighted by Crippen LogP contribution is -2.40. The Labute approximate surface area is 170 Å². The van der Waals surface area contributed by atoms with Crippen molar-refractivity contribution in [3.63, 3.8) is 0 Å². The summed E-state index contributed by atoms with van der Waals surface area (Å²) in [4.78, 5) is 19.3. The Hall–Kier alpha value is -3.02. The number of aromatic nitrogens is 1. The maximum absolute atomic E-state index is 12.5. The van der Waals surface area contributed by atoms with Crippen molar-refractivity contribution in [3.05, 3.63) is 54.1 Å². The van der Waals surface area contributed by atoms with Crippen LogP contribution in [0.25, 0.3) is 11.1 Å². The maximum atomic E-state index is 12.5. The monoisotopic (exact) mass is 393 g/mol. The predicted molar refractivity (Wildman–Crippen MR) is 114 cm³/mol. The van der Waals surface area contributed by atoms with Gasteiger partial charge in [0.2, 0.25) is 0 Å². The molecule has 1 aliphatic rings. The molecule has 1 fully saturated rings. The van der Waals surface area contributed by atoms with Crippen LogP contribution >= 0.6 is 0 Å². The summed E-state index contributed by atoms with van der Waals surface area (Å²) in [6.45, 7) is 4.28. The number of ether oxygens (including phenoxy) is 1. The van der Waals surface area contributed by atoms with Gasteiger partial charge >= 0.3 is 0 Å². The first-order valence-corrected chi connectivity index (χ1v) is 10.4. The number of carbonyl (C=O) groups is 1. The zero-order valence-corrected chi connectivity index (χ0v) is 16.8. The SMILES string of the molecule is CCCCOc1ccc(C(=O)NCC2CCCN2c2nc3ccccc3o2)cc1. The molecule has 6 nitrogen and oxygen atoms in total. The minimum absolute atomic E-state index is 0.0745. The van der Waals surface area contributed by atoms with Crippen LogP contribution in [0.2, 0.25) is 0 Å². The fourth-order valence-electron chi connectivity index (χ4n) is 3.63. The molecule has 1 amide bonds. The van der Waals surface area contributed by atoms with E-state index in [1.165, 1.54) is 0 Å². The summed E-state index contributed by atoms with van der Waals surface area (Å²) in [6, 6.07) is 15.9. The van der Waals surface area contributed by atoms with Crippen LogP contribution < -0.4 is 15.0 Å². The van der Waals surface area contributed by atoms with Gasteiger partial charge in [0, 0.05) is 18.7 Å². The second kappa shape index (κ2) is 8.99. The van der Waals surface area contributed by atoms with Crippen molar-refractivity contribution in [2.75, 3.05) is 24.6 Å². The predicted octanol–water partition coefficient (Wildman–Crippen LogP) is 4.41. The van der Waals surface area contributed by atoms with E-state index in [-0.39, 0.29) is 11.9 Å². The van der Waals surface area contributed by atoms with Crippen molar-refractivity contribution in [1.29, 1.82) is 0 Å². The first-order chi connectivity index (χ1) is 14.2. The molecule has 152 valence electrons. The van der Waals surface area contributed by atoms with E-state index in [9.17, 15) is 4.79 Å². The van der Waals surface area contributed by atoms with E-state index >= 15 is 0 Å². The highest BCUT2D eigenvalue weighted by Crippen LogP contribution is 2.28. The van der Waals surface area contributed by atoms with Crippen molar-refractivity contribution in [3.8, 4) is 5.75 Å². The van der Waals surface area contributed by atoms with Crippen LogP contribution in [0.1, 0.15) is 43.0 Å². The van der Waals surface area contributed by atoms with Crippen molar-refractivity contribution in [2.45, 2.75) is 38.6 Å². The molecule has 3 aromatic rings. The molecule has 0 spiro atoms. The minimum Gasteiger partial charge on any atom is -0.494 e. The number of unbranched alkanes of at least 4 members (excludes halogenated alkanes) is 1. The normalized spacial score (nSPS) is 16.3. The van der Waals surface area contributed by atoms with Crippen LogP contribution in [-0.2, 0) is 0 Å². The molecule has 1 aromatic heterocycles. The smallest absolute Gasteiger partial charge is 0.298 e.